The van der Waals surface area contributed by atoms with Crippen molar-refractivity contribution in [1.82, 2.24) is 0 Å². The first-order valence-electron chi connectivity index (χ1n) is 1.86. The van der Waals surface area contributed by atoms with Crippen LogP contribution in [0, 0.1) is 0 Å². The van der Waals surface area contributed by atoms with Crippen molar-refractivity contribution in [2.24, 2.45) is 0 Å². The lowest BCUT2D eigenvalue weighted by atomic mass is 10.5. The molecule has 1 fully saturated rings. The first-order chi connectivity index (χ1) is 2.77. The van der Waals surface area contributed by atoms with E-state index in [0.29, 0.717) is 6.42 Å². The highest BCUT2D eigenvalue weighted by molar-refractivity contribution is 8.01. The SMILES string of the molecule is CCC1(O)OS1. The zero-order valence-corrected chi connectivity index (χ0v) is 4.29. The maximum atomic E-state index is 8.68. The Bertz CT molecular complexity index is 59.8. The van der Waals surface area contributed by atoms with Crippen LogP contribution in [0.5, 0.6) is 0 Å². The van der Waals surface area contributed by atoms with Gasteiger partial charge in [-0.3, -0.25) is 4.18 Å². The van der Waals surface area contributed by atoms with Crippen LogP contribution in [0.2, 0.25) is 0 Å². The molecule has 0 radical (unpaired) electrons. The van der Waals surface area contributed by atoms with Crippen molar-refractivity contribution < 1.29 is 9.29 Å². The molecule has 1 unspecified atom stereocenters. The fourth-order valence-corrected chi connectivity index (χ4v) is 0.498. The highest BCUT2D eigenvalue weighted by Gasteiger charge is 2.43. The van der Waals surface area contributed by atoms with Gasteiger partial charge in [-0.1, -0.05) is 6.92 Å². The second kappa shape index (κ2) is 1.12. The van der Waals surface area contributed by atoms with E-state index < -0.39 is 5.12 Å². The van der Waals surface area contributed by atoms with Gasteiger partial charge in [0, 0.05) is 6.42 Å². The molecule has 6 heavy (non-hydrogen) atoms. The van der Waals surface area contributed by atoms with Crippen LogP contribution in [-0.4, -0.2) is 10.2 Å². The lowest BCUT2D eigenvalue weighted by Gasteiger charge is -1.88. The molecule has 0 aromatic heterocycles. The summed E-state index contributed by atoms with van der Waals surface area (Å²) in [7, 11) is 0. The number of rotatable bonds is 1. The van der Waals surface area contributed by atoms with Crippen LogP contribution in [0.15, 0.2) is 0 Å². The summed E-state index contributed by atoms with van der Waals surface area (Å²) in [6, 6.07) is 0. The first-order valence-corrected chi connectivity index (χ1v) is 2.60. The van der Waals surface area contributed by atoms with E-state index in [0.717, 1.165) is 12.0 Å². The third-order valence-electron chi connectivity index (χ3n) is 0.723. The van der Waals surface area contributed by atoms with E-state index in [1.165, 1.54) is 0 Å². The third-order valence-corrected chi connectivity index (χ3v) is 1.56. The van der Waals surface area contributed by atoms with Crippen molar-refractivity contribution >= 4 is 12.0 Å². The van der Waals surface area contributed by atoms with Crippen molar-refractivity contribution in [2.45, 2.75) is 18.5 Å². The summed E-state index contributed by atoms with van der Waals surface area (Å²) in [5.41, 5.74) is 0. The molecule has 1 aliphatic heterocycles. The van der Waals surface area contributed by atoms with Gasteiger partial charge in [0.2, 0.25) is 0 Å². The quantitative estimate of drug-likeness (QED) is 0.395. The molecule has 0 aromatic carbocycles. The zero-order chi connectivity index (χ0) is 4.62. The van der Waals surface area contributed by atoms with Crippen LogP contribution in [0.1, 0.15) is 13.3 Å². The monoisotopic (exact) mass is 106 g/mol. The molecule has 36 valence electrons. The summed E-state index contributed by atoms with van der Waals surface area (Å²) in [6.45, 7) is 1.88. The van der Waals surface area contributed by atoms with Crippen molar-refractivity contribution in [2.75, 3.05) is 0 Å². The number of hydrogen-bond acceptors (Lipinski definition) is 3. The van der Waals surface area contributed by atoms with Crippen LogP contribution >= 0.6 is 12.0 Å². The molecule has 1 atom stereocenters. The number of aliphatic hydroxyl groups is 1. The summed E-state index contributed by atoms with van der Waals surface area (Å²) in [4.78, 5) is 0. The Hall–Kier alpha value is 0.270. The fraction of sp³-hybridized carbons (Fsp3) is 1.00. The van der Waals surface area contributed by atoms with Gasteiger partial charge in [-0.05, 0) is 0 Å². The summed E-state index contributed by atoms with van der Waals surface area (Å²) in [5.74, 6) is 0. The second-order valence-electron chi connectivity index (χ2n) is 1.23. The summed E-state index contributed by atoms with van der Waals surface area (Å²) >= 11 is 1.13. The predicted molar refractivity (Wildman–Crippen MR) is 23.9 cm³/mol. The molecule has 2 nitrogen and oxygen atoms in total. The highest BCUT2D eigenvalue weighted by atomic mass is 32.2. The molecular formula is C3H6O2S. The average Bonchev–Trinajstić information content (AvgIpc) is 2.22. The lowest BCUT2D eigenvalue weighted by Crippen LogP contribution is -2.01. The smallest absolute Gasteiger partial charge is 0.252 e. The minimum atomic E-state index is -0.792. The van der Waals surface area contributed by atoms with Crippen molar-refractivity contribution in [3.8, 4) is 0 Å². The van der Waals surface area contributed by atoms with Gasteiger partial charge >= 0.3 is 0 Å². The Kier molecular flexibility index (Phi) is 0.825. The largest absolute Gasteiger partial charge is 0.355 e. The topological polar surface area (TPSA) is 32.8 Å². The molecule has 1 saturated heterocycles. The van der Waals surface area contributed by atoms with Crippen LogP contribution < -0.4 is 0 Å². The van der Waals surface area contributed by atoms with E-state index in [1.54, 1.807) is 0 Å². The van der Waals surface area contributed by atoms with Crippen molar-refractivity contribution in [3.05, 3.63) is 0 Å². The molecule has 1 aliphatic rings. The molecule has 0 amide bonds. The molecule has 0 spiro atoms. The highest BCUT2D eigenvalue weighted by Crippen LogP contribution is 2.46. The molecule has 1 rings (SSSR count). The van der Waals surface area contributed by atoms with Crippen LogP contribution in [0.25, 0.3) is 0 Å². The summed E-state index contributed by atoms with van der Waals surface area (Å²) in [6.07, 6.45) is 0.678. The van der Waals surface area contributed by atoms with Gasteiger partial charge < -0.3 is 5.11 Å². The minimum absolute atomic E-state index is 0.678. The zero-order valence-electron chi connectivity index (χ0n) is 3.47. The van der Waals surface area contributed by atoms with Gasteiger partial charge in [0.05, 0.1) is 12.0 Å². The van der Waals surface area contributed by atoms with Gasteiger partial charge in [-0.25, -0.2) is 0 Å². The molecule has 3 heteroatoms. The first kappa shape index (κ1) is 4.43. The molecule has 1 heterocycles. The predicted octanol–water partition coefficient (Wildman–Crippen LogP) is 0.721. The molecule has 1 N–H and O–H groups in total. The summed E-state index contributed by atoms with van der Waals surface area (Å²) in [5, 5.41) is 7.89. The van der Waals surface area contributed by atoms with Crippen LogP contribution in [-0.2, 0) is 4.18 Å². The summed E-state index contributed by atoms with van der Waals surface area (Å²) < 4.78 is 4.52. The number of hydrogen-bond donors (Lipinski definition) is 1. The van der Waals surface area contributed by atoms with Gasteiger partial charge in [0.25, 0.3) is 5.12 Å². The second-order valence-corrected chi connectivity index (χ2v) is 2.20. The van der Waals surface area contributed by atoms with Crippen molar-refractivity contribution in [3.63, 3.8) is 0 Å². The van der Waals surface area contributed by atoms with E-state index in [-0.39, 0.29) is 0 Å². The molecular weight excluding hydrogens is 100 g/mol. The van der Waals surface area contributed by atoms with Crippen molar-refractivity contribution in [1.29, 1.82) is 0 Å². The molecule has 0 bridgehead atoms. The lowest BCUT2D eigenvalue weighted by molar-refractivity contribution is 0.0336. The van der Waals surface area contributed by atoms with Gasteiger partial charge in [0.15, 0.2) is 0 Å². The van der Waals surface area contributed by atoms with E-state index >= 15 is 0 Å². The van der Waals surface area contributed by atoms with Gasteiger partial charge in [0.1, 0.15) is 0 Å². The molecule has 0 aliphatic carbocycles. The maximum absolute atomic E-state index is 8.68. The Morgan fingerprint density at radius 2 is 2.50 bits per heavy atom. The Labute approximate surface area is 40.7 Å². The van der Waals surface area contributed by atoms with E-state index in [4.69, 9.17) is 5.11 Å². The van der Waals surface area contributed by atoms with Gasteiger partial charge in [-0.2, -0.15) is 0 Å². The fourth-order valence-electron chi connectivity index (χ4n) is 0.166. The van der Waals surface area contributed by atoms with Gasteiger partial charge in [-0.15, -0.1) is 0 Å². The van der Waals surface area contributed by atoms with Crippen LogP contribution in [0.4, 0.5) is 0 Å². The Balaban J connectivity index is 2.28. The minimum Gasteiger partial charge on any atom is -0.355 e. The third kappa shape index (κ3) is 0.668. The van der Waals surface area contributed by atoms with Crippen LogP contribution in [0.3, 0.4) is 0 Å². The Morgan fingerprint density at radius 3 is 2.50 bits per heavy atom. The van der Waals surface area contributed by atoms with E-state index in [9.17, 15) is 0 Å². The Morgan fingerprint density at radius 1 is 2.00 bits per heavy atom. The van der Waals surface area contributed by atoms with E-state index in [2.05, 4.69) is 4.18 Å². The molecule has 0 saturated carbocycles. The maximum Gasteiger partial charge on any atom is 0.252 e. The average molecular weight is 106 g/mol. The molecule has 0 aromatic rings. The standard InChI is InChI=1S/C3H6O2S/c1-2-3(4)5-6-3/h4H,2H2,1H3. The normalized spacial score (nSPS) is 43.0. The van der Waals surface area contributed by atoms with E-state index in [1.807, 2.05) is 6.92 Å².